The maximum atomic E-state index is 12.5. The SMILES string of the molecule is Cc1nc(N2CCOCC2)[nH]c(=O)c1CCC(=O)Nc1nc(-c2ccco2)cs1. The van der Waals surface area contributed by atoms with Gasteiger partial charge in [0.25, 0.3) is 5.56 Å². The van der Waals surface area contributed by atoms with Gasteiger partial charge in [0.05, 0.1) is 19.5 Å². The van der Waals surface area contributed by atoms with Crippen molar-refractivity contribution in [1.29, 1.82) is 0 Å². The summed E-state index contributed by atoms with van der Waals surface area (Å²) in [6, 6.07) is 3.59. The first-order chi connectivity index (χ1) is 14.1. The minimum atomic E-state index is -0.207. The van der Waals surface area contributed by atoms with Gasteiger partial charge >= 0.3 is 0 Å². The standard InChI is InChI=1S/C19H21N5O4S/c1-12-13(17(26)23-18(20-12)24-6-9-27-10-7-24)4-5-16(25)22-19-21-14(11-29-19)15-3-2-8-28-15/h2-3,8,11H,4-7,9-10H2,1H3,(H,20,23,26)(H,21,22,25). The molecule has 0 saturated carbocycles. The second kappa shape index (κ2) is 8.58. The lowest BCUT2D eigenvalue weighted by Crippen LogP contribution is -2.38. The van der Waals surface area contributed by atoms with E-state index in [0.29, 0.717) is 66.5 Å². The summed E-state index contributed by atoms with van der Waals surface area (Å²) in [5.41, 5.74) is 1.62. The Hall–Kier alpha value is -2.98. The minimum Gasteiger partial charge on any atom is -0.463 e. The molecule has 4 rings (SSSR count). The highest BCUT2D eigenvalue weighted by molar-refractivity contribution is 7.14. The molecule has 3 aromatic heterocycles. The maximum Gasteiger partial charge on any atom is 0.255 e. The van der Waals surface area contributed by atoms with Gasteiger partial charge in [-0.25, -0.2) is 9.97 Å². The molecule has 3 aromatic rings. The van der Waals surface area contributed by atoms with E-state index in [4.69, 9.17) is 9.15 Å². The van der Waals surface area contributed by atoms with Crippen LogP contribution in [0.2, 0.25) is 0 Å². The van der Waals surface area contributed by atoms with Crippen molar-refractivity contribution >= 4 is 28.3 Å². The van der Waals surface area contributed by atoms with Crippen molar-refractivity contribution in [2.75, 3.05) is 36.5 Å². The average Bonchev–Trinajstić information content (AvgIpc) is 3.39. The van der Waals surface area contributed by atoms with Crippen molar-refractivity contribution in [2.45, 2.75) is 19.8 Å². The van der Waals surface area contributed by atoms with E-state index in [1.54, 1.807) is 19.3 Å². The second-order valence-electron chi connectivity index (χ2n) is 6.62. The lowest BCUT2D eigenvalue weighted by atomic mass is 10.1. The number of furan rings is 1. The van der Waals surface area contributed by atoms with Crippen LogP contribution in [-0.4, -0.2) is 47.2 Å². The lowest BCUT2D eigenvalue weighted by Gasteiger charge is -2.27. The van der Waals surface area contributed by atoms with E-state index in [9.17, 15) is 9.59 Å². The quantitative estimate of drug-likeness (QED) is 0.634. The van der Waals surface area contributed by atoms with E-state index in [0.717, 1.165) is 0 Å². The molecule has 1 aliphatic rings. The Kier molecular flexibility index (Phi) is 5.72. The van der Waals surface area contributed by atoms with Gasteiger partial charge in [0, 0.05) is 36.1 Å². The van der Waals surface area contributed by atoms with Crippen molar-refractivity contribution in [3.8, 4) is 11.5 Å². The Balaban J connectivity index is 1.37. The number of anilines is 2. The lowest BCUT2D eigenvalue weighted by molar-refractivity contribution is -0.116. The molecular formula is C19H21N5O4S. The molecule has 1 aliphatic heterocycles. The molecule has 2 N–H and O–H groups in total. The molecule has 0 aromatic carbocycles. The normalized spacial score (nSPS) is 14.2. The van der Waals surface area contributed by atoms with Crippen LogP contribution in [0.5, 0.6) is 0 Å². The zero-order chi connectivity index (χ0) is 20.2. The van der Waals surface area contributed by atoms with Crippen LogP contribution in [0.1, 0.15) is 17.7 Å². The Morgan fingerprint density at radius 2 is 2.17 bits per heavy atom. The molecule has 29 heavy (non-hydrogen) atoms. The maximum absolute atomic E-state index is 12.5. The van der Waals surface area contributed by atoms with Crippen LogP contribution in [0.15, 0.2) is 33.0 Å². The van der Waals surface area contributed by atoms with Crippen LogP contribution < -0.4 is 15.8 Å². The van der Waals surface area contributed by atoms with Gasteiger partial charge in [-0.1, -0.05) is 0 Å². The fourth-order valence-electron chi connectivity index (χ4n) is 3.10. The Bertz CT molecular complexity index is 1040. The molecule has 0 bridgehead atoms. The number of morpholine rings is 1. The number of carbonyl (C=O) groups excluding carboxylic acids is 1. The molecule has 152 valence electrons. The largest absolute Gasteiger partial charge is 0.463 e. The van der Waals surface area contributed by atoms with E-state index in [-0.39, 0.29) is 17.9 Å². The first-order valence-corrected chi connectivity index (χ1v) is 10.2. The number of ether oxygens (including phenoxy) is 1. The average molecular weight is 415 g/mol. The van der Waals surface area contributed by atoms with Crippen molar-refractivity contribution in [2.24, 2.45) is 0 Å². The topological polar surface area (TPSA) is 113 Å². The predicted octanol–water partition coefficient (Wildman–Crippen LogP) is 2.20. The summed E-state index contributed by atoms with van der Waals surface area (Å²) in [5.74, 6) is 0.994. The van der Waals surface area contributed by atoms with Gasteiger partial charge in [-0.15, -0.1) is 11.3 Å². The molecular weight excluding hydrogens is 394 g/mol. The van der Waals surface area contributed by atoms with Crippen molar-refractivity contribution in [3.05, 3.63) is 45.4 Å². The van der Waals surface area contributed by atoms with Gasteiger partial charge in [0.15, 0.2) is 10.9 Å². The number of aryl methyl sites for hydroxylation is 1. The summed E-state index contributed by atoms with van der Waals surface area (Å²) in [5, 5.41) is 5.08. The molecule has 0 aliphatic carbocycles. The number of hydrogen-bond acceptors (Lipinski definition) is 8. The zero-order valence-electron chi connectivity index (χ0n) is 15.9. The van der Waals surface area contributed by atoms with E-state index >= 15 is 0 Å². The highest BCUT2D eigenvalue weighted by Gasteiger charge is 2.17. The van der Waals surface area contributed by atoms with Crippen LogP contribution >= 0.6 is 11.3 Å². The molecule has 0 atom stereocenters. The first kappa shape index (κ1) is 19.3. The van der Waals surface area contributed by atoms with E-state index in [2.05, 4.69) is 20.3 Å². The fraction of sp³-hybridized carbons (Fsp3) is 0.368. The van der Waals surface area contributed by atoms with Crippen LogP contribution in [0, 0.1) is 6.92 Å². The number of rotatable bonds is 6. The van der Waals surface area contributed by atoms with Gasteiger partial charge in [0.2, 0.25) is 11.9 Å². The van der Waals surface area contributed by atoms with Gasteiger partial charge < -0.3 is 19.4 Å². The molecule has 1 saturated heterocycles. The third kappa shape index (κ3) is 4.54. The number of H-pyrrole nitrogens is 1. The summed E-state index contributed by atoms with van der Waals surface area (Å²) in [6.45, 7) is 4.41. The Morgan fingerprint density at radius 3 is 2.90 bits per heavy atom. The number of thiazole rings is 1. The predicted molar refractivity (Wildman–Crippen MR) is 109 cm³/mol. The monoisotopic (exact) mass is 415 g/mol. The van der Waals surface area contributed by atoms with Crippen LogP contribution in [0.25, 0.3) is 11.5 Å². The highest BCUT2D eigenvalue weighted by Crippen LogP contribution is 2.25. The summed E-state index contributed by atoms with van der Waals surface area (Å²) >= 11 is 1.32. The first-order valence-electron chi connectivity index (χ1n) is 9.32. The van der Waals surface area contributed by atoms with Crippen molar-refractivity contribution in [1.82, 2.24) is 15.0 Å². The third-order valence-electron chi connectivity index (χ3n) is 4.65. The summed E-state index contributed by atoms with van der Waals surface area (Å²) in [6.07, 6.45) is 2.04. The van der Waals surface area contributed by atoms with Gasteiger partial charge in [-0.2, -0.15) is 0 Å². The number of amides is 1. The molecule has 0 unspecified atom stereocenters. The number of nitrogens with zero attached hydrogens (tertiary/aromatic N) is 3. The third-order valence-corrected chi connectivity index (χ3v) is 5.40. The summed E-state index contributed by atoms with van der Waals surface area (Å²) < 4.78 is 10.6. The van der Waals surface area contributed by atoms with Gasteiger partial charge in [-0.3, -0.25) is 14.6 Å². The Labute approximate surface area is 170 Å². The second-order valence-corrected chi connectivity index (χ2v) is 7.47. The van der Waals surface area contributed by atoms with Crippen LogP contribution in [-0.2, 0) is 16.0 Å². The zero-order valence-corrected chi connectivity index (χ0v) is 16.8. The number of aromatic nitrogens is 3. The van der Waals surface area contributed by atoms with Crippen LogP contribution in [0.3, 0.4) is 0 Å². The molecule has 1 amide bonds. The van der Waals surface area contributed by atoms with E-state index in [1.807, 2.05) is 16.3 Å². The number of hydrogen-bond donors (Lipinski definition) is 2. The van der Waals surface area contributed by atoms with Crippen molar-refractivity contribution < 1.29 is 13.9 Å². The number of nitrogens with one attached hydrogen (secondary N) is 2. The van der Waals surface area contributed by atoms with Gasteiger partial charge in [0.1, 0.15) is 5.69 Å². The molecule has 9 nitrogen and oxygen atoms in total. The van der Waals surface area contributed by atoms with Crippen LogP contribution in [0.4, 0.5) is 11.1 Å². The highest BCUT2D eigenvalue weighted by atomic mass is 32.1. The minimum absolute atomic E-state index is 0.165. The number of carbonyl (C=O) groups is 1. The van der Waals surface area contributed by atoms with Gasteiger partial charge in [-0.05, 0) is 25.5 Å². The molecule has 0 spiro atoms. The van der Waals surface area contributed by atoms with E-state index < -0.39 is 0 Å². The molecule has 0 radical (unpaired) electrons. The fourth-order valence-corrected chi connectivity index (χ4v) is 3.82. The molecule has 10 heteroatoms. The summed E-state index contributed by atoms with van der Waals surface area (Å²) in [7, 11) is 0. The molecule has 1 fully saturated rings. The summed E-state index contributed by atoms with van der Waals surface area (Å²) in [4.78, 5) is 38.5. The van der Waals surface area contributed by atoms with E-state index in [1.165, 1.54) is 11.3 Å². The number of aromatic amines is 1. The van der Waals surface area contributed by atoms with Crippen molar-refractivity contribution in [3.63, 3.8) is 0 Å². The molecule has 4 heterocycles. The Morgan fingerprint density at radius 1 is 1.34 bits per heavy atom. The smallest absolute Gasteiger partial charge is 0.255 e.